The summed E-state index contributed by atoms with van der Waals surface area (Å²) in [6.45, 7) is 1.70. The van der Waals surface area contributed by atoms with Crippen LogP contribution in [0.2, 0.25) is 0 Å². The van der Waals surface area contributed by atoms with Crippen molar-refractivity contribution in [2.45, 2.75) is 95.1 Å². The Labute approximate surface area is 224 Å². The van der Waals surface area contributed by atoms with Crippen LogP contribution in [0.5, 0.6) is 5.75 Å². The Kier molecular flexibility index (Phi) is 7.01. The Morgan fingerprint density at radius 3 is 2.24 bits per heavy atom. The number of benzene rings is 1. The molecule has 6 aliphatic rings. The van der Waals surface area contributed by atoms with E-state index in [1.807, 2.05) is 0 Å². The van der Waals surface area contributed by atoms with Crippen molar-refractivity contribution >= 4 is 23.6 Å². The van der Waals surface area contributed by atoms with Gasteiger partial charge in [0.1, 0.15) is 11.8 Å². The number of carbonyl (C=O) groups excluding carboxylic acids is 4. The molecule has 0 spiro atoms. The largest absolute Gasteiger partial charge is 0.494 e. The lowest BCUT2D eigenvalue weighted by molar-refractivity contribution is -0.136. The van der Waals surface area contributed by atoms with E-state index < -0.39 is 23.8 Å². The van der Waals surface area contributed by atoms with Gasteiger partial charge in [0.15, 0.2) is 0 Å². The van der Waals surface area contributed by atoms with Gasteiger partial charge in [0.25, 0.3) is 11.8 Å². The van der Waals surface area contributed by atoms with E-state index >= 15 is 0 Å². The van der Waals surface area contributed by atoms with Gasteiger partial charge < -0.3 is 10.1 Å². The third-order valence-corrected chi connectivity index (χ3v) is 9.54. The van der Waals surface area contributed by atoms with Crippen molar-refractivity contribution in [2.75, 3.05) is 13.2 Å². The topological polar surface area (TPSA) is 105 Å². The van der Waals surface area contributed by atoms with E-state index in [1.54, 1.807) is 18.2 Å². The summed E-state index contributed by atoms with van der Waals surface area (Å²) in [5.74, 6) is 1.53. The zero-order chi connectivity index (χ0) is 26.3. The van der Waals surface area contributed by atoms with Gasteiger partial charge in [-0.05, 0) is 100 Å². The van der Waals surface area contributed by atoms with Crippen molar-refractivity contribution in [3.8, 4) is 5.75 Å². The summed E-state index contributed by atoms with van der Waals surface area (Å²) >= 11 is 0. The van der Waals surface area contributed by atoms with Crippen LogP contribution in [0, 0.1) is 17.8 Å². The summed E-state index contributed by atoms with van der Waals surface area (Å²) in [6.07, 6.45) is 14.6. The summed E-state index contributed by atoms with van der Waals surface area (Å²) in [4.78, 5) is 50.4. The number of ether oxygens (including phenoxy) is 1. The van der Waals surface area contributed by atoms with Crippen molar-refractivity contribution < 1.29 is 23.9 Å². The standard InChI is InChI=1S/C30H39N3O5/c34-26-9-8-25(27(35)32-26)33-28(36)23-7-6-22(15-24(23)29(33)37)38-11-5-3-1-2-4-10-31-30-16-19-12-20(17-30)14-21(13-19)18-30/h6-7,15,19-21,25,31H,1-5,8-14,16-18H2,(H,32,34,35). The molecule has 1 unspecified atom stereocenters. The molecule has 1 aromatic rings. The summed E-state index contributed by atoms with van der Waals surface area (Å²) in [5, 5.41) is 6.20. The molecule has 2 N–H and O–H groups in total. The molecule has 0 aromatic heterocycles. The third-order valence-electron chi connectivity index (χ3n) is 9.54. The highest BCUT2D eigenvalue weighted by atomic mass is 16.5. The molecule has 5 fully saturated rings. The van der Waals surface area contributed by atoms with E-state index in [9.17, 15) is 19.2 Å². The molecular weight excluding hydrogens is 482 g/mol. The van der Waals surface area contributed by atoms with E-state index in [4.69, 9.17) is 4.74 Å². The summed E-state index contributed by atoms with van der Waals surface area (Å²) in [5.41, 5.74) is 0.988. The van der Waals surface area contributed by atoms with Gasteiger partial charge >= 0.3 is 0 Å². The second-order valence-electron chi connectivity index (χ2n) is 12.4. The third kappa shape index (κ3) is 4.99. The number of fused-ring (bicyclic) bond motifs is 1. The molecule has 1 saturated heterocycles. The number of amides is 4. The van der Waals surface area contributed by atoms with Crippen LogP contribution in [0.25, 0.3) is 0 Å². The van der Waals surface area contributed by atoms with E-state index in [-0.39, 0.29) is 29.9 Å². The van der Waals surface area contributed by atoms with Crippen molar-refractivity contribution in [1.29, 1.82) is 0 Å². The number of piperidine rings is 1. The van der Waals surface area contributed by atoms with Gasteiger partial charge in [-0.1, -0.05) is 19.3 Å². The predicted octanol–water partition coefficient (Wildman–Crippen LogP) is 3.98. The fourth-order valence-electron chi connectivity index (χ4n) is 8.17. The normalized spacial score (nSPS) is 31.6. The maximum Gasteiger partial charge on any atom is 0.262 e. The van der Waals surface area contributed by atoms with E-state index in [0.717, 1.165) is 42.0 Å². The van der Waals surface area contributed by atoms with Gasteiger partial charge in [0.05, 0.1) is 17.7 Å². The number of unbranched alkanes of at least 4 members (excludes halogenated alkanes) is 4. The zero-order valence-electron chi connectivity index (χ0n) is 22.1. The minimum absolute atomic E-state index is 0.108. The molecule has 204 valence electrons. The highest BCUT2D eigenvalue weighted by Gasteiger charge is 2.50. The van der Waals surface area contributed by atoms with Gasteiger partial charge in [0.2, 0.25) is 11.8 Å². The molecule has 4 saturated carbocycles. The van der Waals surface area contributed by atoms with Crippen LogP contribution in [0.15, 0.2) is 18.2 Å². The van der Waals surface area contributed by atoms with E-state index in [1.165, 1.54) is 57.8 Å². The SMILES string of the molecule is O=C1CCC(N2C(=O)c3ccc(OCCCCCCCNC45CC6CC(CC(C6)C4)C5)cc3C2=O)C(=O)N1. The summed E-state index contributed by atoms with van der Waals surface area (Å²) in [7, 11) is 0. The molecule has 8 heteroatoms. The Hall–Kier alpha value is -2.74. The van der Waals surface area contributed by atoms with Crippen molar-refractivity contribution in [3.05, 3.63) is 29.3 Å². The number of rotatable bonds is 11. The molecule has 7 rings (SSSR count). The number of hydrogen-bond acceptors (Lipinski definition) is 6. The molecule has 8 nitrogen and oxygen atoms in total. The molecule has 38 heavy (non-hydrogen) atoms. The predicted molar refractivity (Wildman–Crippen MR) is 141 cm³/mol. The average Bonchev–Trinajstić information content (AvgIpc) is 3.11. The van der Waals surface area contributed by atoms with Crippen LogP contribution in [-0.2, 0) is 9.59 Å². The Morgan fingerprint density at radius 2 is 1.53 bits per heavy atom. The molecule has 4 amide bonds. The maximum absolute atomic E-state index is 12.9. The van der Waals surface area contributed by atoms with Crippen LogP contribution in [0.1, 0.15) is 104 Å². The van der Waals surface area contributed by atoms with Gasteiger partial charge in [-0.3, -0.25) is 29.4 Å². The Bertz CT molecular complexity index is 1100. The average molecular weight is 522 g/mol. The molecule has 4 bridgehead atoms. The number of nitrogens with zero attached hydrogens (tertiary/aromatic N) is 1. The van der Waals surface area contributed by atoms with Crippen LogP contribution in [0.3, 0.4) is 0 Å². The second kappa shape index (κ2) is 10.4. The smallest absolute Gasteiger partial charge is 0.262 e. The lowest BCUT2D eigenvalue weighted by atomic mass is 9.53. The number of imide groups is 2. The lowest BCUT2D eigenvalue weighted by Gasteiger charge is -2.57. The van der Waals surface area contributed by atoms with Crippen LogP contribution in [0.4, 0.5) is 0 Å². The Balaban J connectivity index is 0.895. The number of nitrogens with one attached hydrogen (secondary N) is 2. The Morgan fingerprint density at radius 1 is 0.868 bits per heavy atom. The quantitative estimate of drug-likeness (QED) is 0.337. The van der Waals surface area contributed by atoms with E-state index in [2.05, 4.69) is 10.6 Å². The van der Waals surface area contributed by atoms with Crippen LogP contribution in [-0.4, -0.2) is 53.3 Å². The molecule has 4 aliphatic carbocycles. The molecule has 2 heterocycles. The van der Waals surface area contributed by atoms with Crippen LogP contribution < -0.4 is 15.4 Å². The van der Waals surface area contributed by atoms with Crippen molar-refractivity contribution in [1.82, 2.24) is 15.5 Å². The zero-order valence-corrected chi connectivity index (χ0v) is 22.1. The van der Waals surface area contributed by atoms with Crippen molar-refractivity contribution in [2.24, 2.45) is 17.8 Å². The molecule has 1 atom stereocenters. The minimum atomic E-state index is -0.952. The van der Waals surface area contributed by atoms with Gasteiger partial charge in [0, 0.05) is 12.0 Å². The highest BCUT2D eigenvalue weighted by molar-refractivity contribution is 6.23. The molecule has 1 aromatic carbocycles. The first-order valence-corrected chi connectivity index (χ1v) is 14.6. The summed E-state index contributed by atoms with van der Waals surface area (Å²) in [6, 6.07) is 3.94. The fourth-order valence-corrected chi connectivity index (χ4v) is 8.17. The highest BCUT2D eigenvalue weighted by Crippen LogP contribution is 2.55. The van der Waals surface area contributed by atoms with Crippen molar-refractivity contribution in [3.63, 3.8) is 0 Å². The van der Waals surface area contributed by atoms with E-state index in [0.29, 0.717) is 17.9 Å². The van der Waals surface area contributed by atoms with Crippen LogP contribution >= 0.6 is 0 Å². The number of carbonyl (C=O) groups is 4. The number of hydrogen-bond donors (Lipinski definition) is 2. The first-order valence-electron chi connectivity index (χ1n) is 14.6. The summed E-state index contributed by atoms with van der Waals surface area (Å²) < 4.78 is 5.88. The lowest BCUT2D eigenvalue weighted by Crippen LogP contribution is -2.58. The molecular formula is C30H39N3O5. The second-order valence-corrected chi connectivity index (χ2v) is 12.4. The fraction of sp³-hybridized carbons (Fsp3) is 0.667. The molecule has 2 aliphatic heterocycles. The van der Waals surface area contributed by atoms with Gasteiger partial charge in [-0.15, -0.1) is 0 Å². The molecule has 0 radical (unpaired) electrons. The first-order chi connectivity index (χ1) is 18.4. The van der Waals surface area contributed by atoms with Gasteiger partial charge in [-0.25, -0.2) is 0 Å². The maximum atomic E-state index is 12.9. The minimum Gasteiger partial charge on any atom is -0.494 e. The first kappa shape index (κ1) is 25.5. The van der Waals surface area contributed by atoms with Gasteiger partial charge in [-0.2, -0.15) is 0 Å². The monoisotopic (exact) mass is 521 g/mol.